The summed E-state index contributed by atoms with van der Waals surface area (Å²) >= 11 is 0. The van der Waals surface area contributed by atoms with Gasteiger partial charge in [-0.05, 0) is 133 Å². The van der Waals surface area contributed by atoms with E-state index in [0.29, 0.717) is 33.7 Å². The highest BCUT2D eigenvalue weighted by Gasteiger charge is 2.25. The summed E-state index contributed by atoms with van der Waals surface area (Å²) in [7, 11) is 0. The number of benzene rings is 7. The van der Waals surface area contributed by atoms with Gasteiger partial charge in [0, 0.05) is 36.6 Å². The number of imidazole rings is 1. The van der Waals surface area contributed by atoms with E-state index in [1.165, 1.54) is 12.1 Å². The van der Waals surface area contributed by atoms with Crippen LogP contribution >= 0.6 is 0 Å². The van der Waals surface area contributed by atoms with Gasteiger partial charge in [-0.2, -0.15) is 0 Å². The highest BCUT2D eigenvalue weighted by Crippen LogP contribution is 2.45. The summed E-state index contributed by atoms with van der Waals surface area (Å²) in [5.74, 6) is 0.00969. The number of phenolic OH excluding ortho intramolecular Hbond substituents is 1. The van der Waals surface area contributed by atoms with Crippen LogP contribution < -0.4 is 0 Å². The summed E-state index contributed by atoms with van der Waals surface area (Å²) in [5, 5.41) is 12.4. The third-order valence-electron chi connectivity index (χ3n) is 12.3. The van der Waals surface area contributed by atoms with Crippen molar-refractivity contribution in [2.24, 2.45) is 0 Å². The highest BCUT2D eigenvalue weighted by atomic mass is 16.3. The maximum absolute atomic E-state index is 12.4. The Kier molecular flexibility index (Phi) is 8.77. The lowest BCUT2D eigenvalue weighted by Gasteiger charge is -2.20. The Hall–Kier alpha value is -7.04. The Bertz CT molecular complexity index is 3520. The van der Waals surface area contributed by atoms with Crippen LogP contribution in [-0.2, 0) is 5.41 Å². The first kappa shape index (κ1) is 32.6. The second-order valence-electron chi connectivity index (χ2n) is 17.8. The molecule has 1 N–H and O–H groups in total. The largest absolute Gasteiger partial charge is 0.507 e. The molecule has 4 nitrogen and oxygen atoms in total. The first-order valence-electron chi connectivity index (χ1n) is 27.2. The van der Waals surface area contributed by atoms with Crippen LogP contribution in [0.4, 0.5) is 0 Å². The molecule has 2 heterocycles. The predicted molar refractivity (Wildman–Crippen MR) is 274 cm³/mol. The lowest BCUT2D eigenvalue weighted by Crippen LogP contribution is -2.10. The van der Waals surface area contributed by atoms with Gasteiger partial charge in [-0.15, -0.1) is 0 Å². The Morgan fingerprint density at radius 3 is 1.88 bits per heavy atom. The average Bonchev–Trinajstić information content (AvgIpc) is 3.75. The highest BCUT2D eigenvalue weighted by molar-refractivity contribution is 5.98. The van der Waals surface area contributed by atoms with E-state index >= 15 is 0 Å². The second-order valence-corrected chi connectivity index (χ2v) is 17.8. The maximum Gasteiger partial charge on any atom is 0.149 e. The van der Waals surface area contributed by atoms with E-state index in [9.17, 15) is 5.11 Å². The number of aromatic hydroxyl groups is 1. The summed E-state index contributed by atoms with van der Waals surface area (Å²) in [4.78, 5) is 10.4. The van der Waals surface area contributed by atoms with Crippen LogP contribution in [0.15, 0.2) is 170 Å². The molecular formula is C61H59N3O. The maximum atomic E-state index is 12.4. The Balaban J connectivity index is 1.28. The molecule has 0 aliphatic rings. The van der Waals surface area contributed by atoms with Crippen molar-refractivity contribution >= 4 is 11.0 Å². The first-order valence-corrected chi connectivity index (χ1v) is 22.2. The molecule has 0 saturated carbocycles. The summed E-state index contributed by atoms with van der Waals surface area (Å²) in [5.41, 5.74) is 10.3. The predicted octanol–water partition coefficient (Wildman–Crippen LogP) is 16.8. The molecule has 0 radical (unpaired) electrons. The SMILES string of the molecule is [2H]C(C)(C)c1ccc(-n2c(-c3cc(C(C)C)cc(C(C)C)c3O)nc3c(-c4cc(-c5ccccc5)cc(-c5cc(-c6ccc(C(C([2H])([2H])[2H])(C([2H])([2H])[2H])C([2H])([2H])[2H])cc6)ccn5)c4)cccc32)c(-c2ccccc2)c1. The van der Waals surface area contributed by atoms with Gasteiger partial charge < -0.3 is 5.11 Å². The van der Waals surface area contributed by atoms with Crippen LogP contribution in [-0.4, -0.2) is 19.6 Å². The van der Waals surface area contributed by atoms with Gasteiger partial charge >= 0.3 is 0 Å². The summed E-state index contributed by atoms with van der Waals surface area (Å²) < 4.78 is 85.2. The van der Waals surface area contributed by atoms with E-state index in [-0.39, 0.29) is 23.1 Å². The molecular weight excluding hydrogens is 791 g/mol. The fourth-order valence-corrected chi connectivity index (χ4v) is 8.68. The lowest BCUT2D eigenvalue weighted by molar-refractivity contribution is 0.466. The number of phenols is 1. The van der Waals surface area contributed by atoms with Crippen molar-refractivity contribution in [2.45, 2.75) is 85.2 Å². The minimum absolute atomic E-state index is 0.0173. The third-order valence-corrected chi connectivity index (χ3v) is 12.3. The van der Waals surface area contributed by atoms with Crippen LogP contribution in [0.2, 0.25) is 0 Å². The fourth-order valence-electron chi connectivity index (χ4n) is 8.68. The Morgan fingerprint density at radius 2 is 1.20 bits per heavy atom. The van der Waals surface area contributed by atoms with Crippen LogP contribution in [0.5, 0.6) is 5.75 Å². The topological polar surface area (TPSA) is 50.9 Å². The van der Waals surface area contributed by atoms with Crippen molar-refractivity contribution in [3.8, 4) is 78.6 Å². The van der Waals surface area contributed by atoms with Crippen LogP contribution in [0.25, 0.3) is 83.9 Å². The van der Waals surface area contributed by atoms with Crippen molar-refractivity contribution in [2.75, 3.05) is 0 Å². The van der Waals surface area contributed by atoms with E-state index in [4.69, 9.17) is 23.7 Å². The van der Waals surface area contributed by atoms with Crippen molar-refractivity contribution in [3.63, 3.8) is 0 Å². The van der Waals surface area contributed by atoms with Gasteiger partial charge in [0.05, 0.1) is 28.0 Å². The smallest absolute Gasteiger partial charge is 0.149 e. The standard InChI is InChI=1S/C61H59N3O/c1-38(2)44-25-28-56(53(34-44)43-19-14-11-15-20-43)64-57-22-16-21-51(58(57)63-60(64)54-36-46(39(3)4)35-52(40(5)6)59(54)65)48-31-47(41-17-12-10-13-18-41)32-49(33-48)55-37-45(29-30-62-55)42-23-26-50(27-24-42)61(7,8)9/h10-40,65H,1-9H3/i7D3,8D3,9D3,38D. The summed E-state index contributed by atoms with van der Waals surface area (Å²) in [6.07, 6.45) is 1.67. The van der Waals surface area contributed by atoms with Crippen molar-refractivity contribution in [3.05, 3.63) is 192 Å². The van der Waals surface area contributed by atoms with Crippen LogP contribution in [0.3, 0.4) is 0 Å². The molecule has 0 atom stereocenters. The molecule has 65 heavy (non-hydrogen) atoms. The van der Waals surface area contributed by atoms with Gasteiger partial charge in [0.25, 0.3) is 0 Å². The molecule has 0 fully saturated rings. The average molecular weight is 860 g/mol. The summed E-state index contributed by atoms with van der Waals surface area (Å²) in [6, 6.07) is 52.2. The van der Waals surface area contributed by atoms with Crippen molar-refractivity contribution < 1.29 is 18.8 Å². The van der Waals surface area contributed by atoms with Crippen molar-refractivity contribution in [1.82, 2.24) is 14.5 Å². The molecule has 0 spiro atoms. The third kappa shape index (κ3) is 8.54. The molecule has 0 aliphatic heterocycles. The molecule has 0 unspecified atom stereocenters. The minimum Gasteiger partial charge on any atom is -0.507 e. The molecule has 9 aromatic rings. The zero-order valence-corrected chi connectivity index (χ0v) is 37.6. The van der Waals surface area contributed by atoms with Crippen molar-refractivity contribution in [1.29, 1.82) is 0 Å². The number of nitrogens with zero attached hydrogens (tertiary/aromatic N) is 3. The van der Waals surface area contributed by atoms with Gasteiger partial charge in [0.2, 0.25) is 0 Å². The zero-order valence-electron chi connectivity index (χ0n) is 47.6. The number of hydrogen-bond donors (Lipinski definition) is 1. The summed E-state index contributed by atoms with van der Waals surface area (Å²) in [6.45, 7) is 2.07. The molecule has 4 heteroatoms. The van der Waals surface area contributed by atoms with E-state index < -0.39 is 31.9 Å². The molecule has 9 rings (SSSR count). The van der Waals surface area contributed by atoms with Crippen LogP contribution in [0.1, 0.15) is 116 Å². The molecule has 2 aromatic heterocycles. The Labute approximate surface area is 399 Å². The molecule has 0 amide bonds. The van der Waals surface area contributed by atoms with E-state index in [1.54, 1.807) is 24.4 Å². The molecule has 0 bridgehead atoms. The normalized spacial score (nSPS) is 15.0. The van der Waals surface area contributed by atoms with Gasteiger partial charge in [-0.1, -0.05) is 171 Å². The number of fused-ring (bicyclic) bond motifs is 1. The number of pyridine rings is 1. The minimum atomic E-state index is -3.38. The fraction of sp³-hybridized carbons (Fsp3) is 0.213. The first-order chi connectivity index (χ1) is 35.3. The zero-order chi connectivity index (χ0) is 54.0. The molecule has 324 valence electrons. The molecule has 0 saturated heterocycles. The van der Waals surface area contributed by atoms with Gasteiger partial charge in [0.1, 0.15) is 11.6 Å². The van der Waals surface area contributed by atoms with E-state index in [2.05, 4.69) is 92.9 Å². The lowest BCUT2D eigenvalue weighted by atomic mass is 9.86. The van der Waals surface area contributed by atoms with Gasteiger partial charge in [-0.25, -0.2) is 4.98 Å². The number of aromatic nitrogens is 3. The van der Waals surface area contributed by atoms with E-state index in [0.717, 1.165) is 66.8 Å². The number of rotatable bonds is 10. The van der Waals surface area contributed by atoms with Gasteiger partial charge in [0.15, 0.2) is 0 Å². The monoisotopic (exact) mass is 860 g/mol. The number of hydrogen-bond acceptors (Lipinski definition) is 3. The molecule has 0 aliphatic carbocycles. The Morgan fingerprint density at radius 1 is 0.538 bits per heavy atom. The molecule has 7 aromatic carbocycles. The number of para-hydroxylation sites is 1. The van der Waals surface area contributed by atoms with Crippen LogP contribution in [0, 0.1) is 0 Å². The second kappa shape index (κ2) is 17.5. The quantitative estimate of drug-likeness (QED) is 0.149. The van der Waals surface area contributed by atoms with Gasteiger partial charge in [-0.3, -0.25) is 9.55 Å². The van der Waals surface area contributed by atoms with E-state index in [1.807, 2.05) is 86.6 Å².